The molecule has 2 N–H and O–H groups in total. The van der Waals surface area contributed by atoms with E-state index in [9.17, 15) is 15.0 Å². The van der Waals surface area contributed by atoms with Gasteiger partial charge in [0.2, 0.25) is 0 Å². The summed E-state index contributed by atoms with van der Waals surface area (Å²) in [6.45, 7) is 10.2. The van der Waals surface area contributed by atoms with Gasteiger partial charge in [-0.3, -0.25) is 4.79 Å². The minimum Gasteiger partial charge on any atom is -0.481 e. The first-order chi connectivity index (χ1) is 18.3. The number of rotatable bonds is 12. The molecule has 0 amide bonds. The lowest BCUT2D eigenvalue weighted by Crippen LogP contribution is -2.18. The van der Waals surface area contributed by atoms with Crippen molar-refractivity contribution >= 4 is 41.2 Å². The number of thioether (sulfide) groups is 1. The van der Waals surface area contributed by atoms with E-state index < -0.39 is 11.6 Å². The van der Waals surface area contributed by atoms with E-state index in [1.54, 1.807) is 11.3 Å². The maximum atomic E-state index is 11.5. The van der Waals surface area contributed by atoms with Crippen LogP contribution in [0.1, 0.15) is 98.5 Å². The molecule has 6 heteroatoms. The first-order valence-corrected chi connectivity index (χ1v) is 15.7. The number of benzene rings is 2. The lowest BCUT2D eigenvalue weighted by Gasteiger charge is -2.24. The largest absolute Gasteiger partial charge is 0.481 e. The smallest absolute Gasteiger partial charge is 0.303 e. The molecule has 1 fully saturated rings. The zero-order valence-corrected chi connectivity index (χ0v) is 25.4. The SMILES string of the molecule is CC(C)(C)c1csc(/C=C/c2cccc([C@@H](CCc3ccccc3C(C)(C)O)SCC3(CC(=O)O)CC3)c2)n1. The van der Waals surface area contributed by atoms with Crippen molar-refractivity contribution in [3.05, 3.63) is 86.9 Å². The van der Waals surface area contributed by atoms with Crippen LogP contribution in [0.25, 0.3) is 12.2 Å². The van der Waals surface area contributed by atoms with E-state index in [0.29, 0.717) is 0 Å². The highest BCUT2D eigenvalue weighted by Crippen LogP contribution is 2.53. The van der Waals surface area contributed by atoms with E-state index in [1.165, 1.54) is 5.56 Å². The molecule has 1 heterocycles. The summed E-state index contributed by atoms with van der Waals surface area (Å²) in [6, 6.07) is 16.8. The van der Waals surface area contributed by atoms with Crippen molar-refractivity contribution in [2.75, 3.05) is 5.75 Å². The Hall–Kier alpha value is -2.41. The molecule has 4 rings (SSSR count). The van der Waals surface area contributed by atoms with Gasteiger partial charge in [-0.1, -0.05) is 75.4 Å². The normalized spacial score (nSPS) is 15.9. The quantitative estimate of drug-likeness (QED) is 0.231. The van der Waals surface area contributed by atoms with Gasteiger partial charge in [-0.25, -0.2) is 4.98 Å². The molecule has 2 aromatic carbocycles. The zero-order chi connectivity index (χ0) is 28.3. The second kappa shape index (κ2) is 12.0. The first kappa shape index (κ1) is 29.6. The van der Waals surface area contributed by atoms with Crippen molar-refractivity contribution in [2.24, 2.45) is 5.41 Å². The van der Waals surface area contributed by atoms with E-state index in [1.807, 2.05) is 43.8 Å². The predicted molar refractivity (Wildman–Crippen MR) is 165 cm³/mol. The number of nitrogens with zero attached hydrogens (tertiary/aromatic N) is 1. The van der Waals surface area contributed by atoms with Crippen LogP contribution in [0.15, 0.2) is 53.9 Å². The summed E-state index contributed by atoms with van der Waals surface area (Å²) in [4.78, 5) is 16.2. The van der Waals surface area contributed by atoms with Crippen LogP contribution in [-0.2, 0) is 22.2 Å². The molecule has 39 heavy (non-hydrogen) atoms. The third-order valence-corrected chi connectivity index (χ3v) is 9.92. The summed E-state index contributed by atoms with van der Waals surface area (Å²) in [5.74, 6) is 0.152. The number of aliphatic carboxylic acids is 1. The summed E-state index contributed by atoms with van der Waals surface area (Å²) in [5.41, 5.74) is 4.71. The highest BCUT2D eigenvalue weighted by atomic mass is 32.2. The molecule has 1 aliphatic carbocycles. The topological polar surface area (TPSA) is 70.4 Å². The molecule has 3 aromatic rings. The fourth-order valence-corrected chi connectivity index (χ4v) is 7.36. The van der Waals surface area contributed by atoms with Crippen LogP contribution >= 0.6 is 23.1 Å². The Bertz CT molecular complexity index is 1310. The average molecular weight is 564 g/mol. The maximum absolute atomic E-state index is 11.5. The van der Waals surface area contributed by atoms with E-state index in [4.69, 9.17) is 4.98 Å². The molecule has 0 unspecified atom stereocenters. The van der Waals surface area contributed by atoms with Crippen LogP contribution in [0, 0.1) is 5.41 Å². The van der Waals surface area contributed by atoms with Crippen LogP contribution in [0.5, 0.6) is 0 Å². The highest BCUT2D eigenvalue weighted by Gasteiger charge is 2.44. The molecule has 1 aromatic heterocycles. The molecule has 0 bridgehead atoms. The summed E-state index contributed by atoms with van der Waals surface area (Å²) in [6.07, 6.45) is 8.22. The lowest BCUT2D eigenvalue weighted by atomic mass is 9.90. The van der Waals surface area contributed by atoms with Crippen molar-refractivity contribution in [2.45, 2.75) is 83.0 Å². The molecule has 0 radical (unpaired) electrons. The van der Waals surface area contributed by atoms with Crippen LogP contribution in [0.2, 0.25) is 0 Å². The second-order valence-corrected chi connectivity index (χ2v) is 14.5. The van der Waals surface area contributed by atoms with Crippen molar-refractivity contribution < 1.29 is 15.0 Å². The van der Waals surface area contributed by atoms with Crippen LogP contribution in [0.3, 0.4) is 0 Å². The van der Waals surface area contributed by atoms with Gasteiger partial charge in [0.1, 0.15) is 5.01 Å². The summed E-state index contributed by atoms with van der Waals surface area (Å²) in [7, 11) is 0. The summed E-state index contributed by atoms with van der Waals surface area (Å²) >= 11 is 3.56. The Balaban J connectivity index is 1.54. The standard InChI is InChI=1S/C33H41NO3S2/c1-31(2,3)28-21-38-29(34-28)16-13-23-9-8-11-25(19-23)27(39-22-33(17-18-33)20-30(35)36)15-14-24-10-6-7-12-26(24)32(4,5)37/h6-13,16,19,21,27,37H,14-15,17-18,20,22H2,1-5H3,(H,35,36)/b16-13+/t27-/m1/s1. The molecule has 1 atom stereocenters. The third kappa shape index (κ3) is 8.29. The van der Waals surface area contributed by atoms with Gasteiger partial charge in [-0.15, -0.1) is 11.3 Å². The molecule has 1 saturated carbocycles. The van der Waals surface area contributed by atoms with Gasteiger partial charge in [0.15, 0.2) is 0 Å². The zero-order valence-electron chi connectivity index (χ0n) is 23.7. The average Bonchev–Trinajstić information content (AvgIpc) is 3.43. The number of aryl methyl sites for hydroxylation is 1. The van der Waals surface area contributed by atoms with Gasteiger partial charge in [0.25, 0.3) is 0 Å². The van der Waals surface area contributed by atoms with Gasteiger partial charge in [-0.2, -0.15) is 11.8 Å². The third-order valence-electron chi connectivity index (χ3n) is 7.42. The Morgan fingerprint density at radius 3 is 2.49 bits per heavy atom. The van der Waals surface area contributed by atoms with Crippen LogP contribution in [-0.4, -0.2) is 26.9 Å². The van der Waals surface area contributed by atoms with Crippen molar-refractivity contribution in [3.63, 3.8) is 0 Å². The number of carboxylic acid groups (broad SMARTS) is 1. The van der Waals surface area contributed by atoms with Gasteiger partial charge in [0.05, 0.1) is 17.7 Å². The summed E-state index contributed by atoms with van der Waals surface area (Å²) in [5, 5.41) is 23.5. The molecule has 4 nitrogen and oxygen atoms in total. The van der Waals surface area contributed by atoms with Crippen molar-refractivity contribution in [1.82, 2.24) is 4.98 Å². The number of carboxylic acids is 1. The fraction of sp³-hybridized carbons (Fsp3) is 0.455. The van der Waals surface area contributed by atoms with Crippen LogP contribution < -0.4 is 0 Å². The molecular formula is C33H41NO3S2. The van der Waals surface area contributed by atoms with Crippen molar-refractivity contribution in [3.8, 4) is 0 Å². The van der Waals surface area contributed by atoms with Crippen molar-refractivity contribution in [1.29, 1.82) is 0 Å². The van der Waals surface area contributed by atoms with E-state index >= 15 is 0 Å². The number of aromatic nitrogens is 1. The predicted octanol–water partition coefficient (Wildman–Crippen LogP) is 8.50. The van der Waals surface area contributed by atoms with E-state index in [-0.39, 0.29) is 22.5 Å². The Morgan fingerprint density at radius 1 is 1.10 bits per heavy atom. The molecule has 0 spiro atoms. The number of hydrogen-bond acceptors (Lipinski definition) is 5. The number of hydrogen-bond donors (Lipinski definition) is 2. The monoisotopic (exact) mass is 563 g/mol. The number of thiazole rings is 1. The molecule has 1 aliphatic rings. The van der Waals surface area contributed by atoms with Gasteiger partial charge < -0.3 is 10.2 Å². The molecule has 0 aliphatic heterocycles. The Morgan fingerprint density at radius 2 is 1.85 bits per heavy atom. The van der Waals surface area contributed by atoms with Gasteiger partial charge in [0, 0.05) is 21.8 Å². The Labute approximate surface area is 241 Å². The first-order valence-electron chi connectivity index (χ1n) is 13.7. The van der Waals surface area contributed by atoms with E-state index in [2.05, 4.69) is 68.6 Å². The van der Waals surface area contributed by atoms with Gasteiger partial charge in [-0.05, 0) is 73.3 Å². The maximum Gasteiger partial charge on any atom is 0.303 e. The minimum absolute atomic E-state index is 0.0381. The molecule has 208 valence electrons. The minimum atomic E-state index is -0.897. The lowest BCUT2D eigenvalue weighted by molar-refractivity contribution is -0.138. The highest BCUT2D eigenvalue weighted by molar-refractivity contribution is 7.99. The number of carbonyl (C=O) groups is 1. The summed E-state index contributed by atoms with van der Waals surface area (Å²) < 4.78 is 0. The second-order valence-electron chi connectivity index (χ2n) is 12.4. The molecular weight excluding hydrogens is 523 g/mol. The number of aliphatic hydroxyl groups is 1. The molecule has 0 saturated heterocycles. The van der Waals surface area contributed by atoms with Gasteiger partial charge >= 0.3 is 5.97 Å². The Kier molecular flexibility index (Phi) is 9.09. The fourth-order valence-electron chi connectivity index (χ4n) is 4.85. The van der Waals surface area contributed by atoms with Crippen LogP contribution in [0.4, 0.5) is 0 Å². The van der Waals surface area contributed by atoms with E-state index in [0.717, 1.165) is 58.8 Å².